The van der Waals surface area contributed by atoms with Gasteiger partial charge in [-0.1, -0.05) is 0 Å². The molecule has 1 radical (unpaired) electrons. The molecule has 6 heteroatoms. The summed E-state index contributed by atoms with van der Waals surface area (Å²) in [6.45, 7) is 0. The SMILES string of the molecule is O=S(=O)(O)O.[Cu+2]. The Bertz CT molecular complexity index is 90.7. The van der Waals surface area contributed by atoms with Crippen molar-refractivity contribution in [3.63, 3.8) is 0 Å². The van der Waals surface area contributed by atoms with Gasteiger partial charge in [-0.3, -0.25) is 9.11 Å². The van der Waals surface area contributed by atoms with Crippen molar-refractivity contribution in [1.29, 1.82) is 0 Å². The molecule has 0 aromatic carbocycles. The van der Waals surface area contributed by atoms with Crippen molar-refractivity contribution in [2.45, 2.75) is 0 Å². The smallest absolute Gasteiger partial charge is 0.264 e. The van der Waals surface area contributed by atoms with E-state index in [1.54, 1.807) is 0 Å². The van der Waals surface area contributed by atoms with Crippen molar-refractivity contribution in [3.8, 4) is 0 Å². The minimum absolute atomic E-state index is 0. The van der Waals surface area contributed by atoms with Crippen molar-refractivity contribution in [3.05, 3.63) is 0 Å². The van der Waals surface area contributed by atoms with E-state index in [0.717, 1.165) is 0 Å². The summed E-state index contributed by atoms with van der Waals surface area (Å²) >= 11 is 0. The van der Waals surface area contributed by atoms with Gasteiger partial charge in [-0.15, -0.1) is 0 Å². The number of rotatable bonds is 0. The van der Waals surface area contributed by atoms with Crippen LogP contribution in [0.3, 0.4) is 0 Å². The standard InChI is InChI=1S/Cu.H2O4S/c;1-5(2,3)4/h;(H2,1,2,3,4)/q+2;. The zero-order valence-corrected chi connectivity index (χ0v) is 4.18. The van der Waals surface area contributed by atoms with E-state index in [4.69, 9.17) is 17.5 Å². The number of hydrogen-bond acceptors (Lipinski definition) is 2. The molecule has 2 N–H and O–H groups in total. The van der Waals surface area contributed by atoms with Crippen LogP contribution < -0.4 is 0 Å². The van der Waals surface area contributed by atoms with E-state index in [1.165, 1.54) is 0 Å². The largest absolute Gasteiger partial charge is 2.00 e. The molecule has 0 saturated carbocycles. The molecule has 0 aliphatic rings. The van der Waals surface area contributed by atoms with E-state index in [9.17, 15) is 0 Å². The summed E-state index contributed by atoms with van der Waals surface area (Å²) in [5, 5.41) is 0. The second kappa shape index (κ2) is 2.54. The minimum Gasteiger partial charge on any atom is -0.264 e. The van der Waals surface area contributed by atoms with Gasteiger partial charge in [-0.2, -0.15) is 8.42 Å². The van der Waals surface area contributed by atoms with Crippen molar-refractivity contribution >= 4 is 10.4 Å². The summed E-state index contributed by atoms with van der Waals surface area (Å²) in [4.78, 5) is 0. The molecule has 0 heterocycles. The first-order valence-electron chi connectivity index (χ1n) is 0.698. The molecule has 0 saturated heterocycles. The summed E-state index contributed by atoms with van der Waals surface area (Å²) in [5.74, 6) is 0. The maximum absolute atomic E-state index is 8.74. The predicted octanol–water partition coefficient (Wildman–Crippen LogP) is -0.655. The summed E-state index contributed by atoms with van der Waals surface area (Å²) in [6.07, 6.45) is 0. The Balaban J connectivity index is 0. The van der Waals surface area contributed by atoms with E-state index >= 15 is 0 Å². The predicted molar refractivity (Wildman–Crippen MR) is 14.2 cm³/mol. The van der Waals surface area contributed by atoms with Crippen molar-refractivity contribution < 1.29 is 34.6 Å². The molecule has 0 rings (SSSR count). The van der Waals surface area contributed by atoms with Crippen LogP contribution in [0.15, 0.2) is 0 Å². The summed E-state index contributed by atoms with van der Waals surface area (Å²) in [6, 6.07) is 0. The molecule has 4 nitrogen and oxygen atoms in total. The van der Waals surface area contributed by atoms with E-state index in [2.05, 4.69) is 0 Å². The molecule has 0 aliphatic heterocycles. The van der Waals surface area contributed by atoms with E-state index < -0.39 is 10.4 Å². The Hall–Kier alpha value is 0.389. The normalized spacial score (nSPS) is 9.67. The fourth-order valence-corrected chi connectivity index (χ4v) is 0. The first-order chi connectivity index (χ1) is 2.00. The maximum Gasteiger partial charge on any atom is 2.00 e. The molecule has 0 amide bonds. The van der Waals surface area contributed by atoms with Crippen LogP contribution in [0, 0.1) is 0 Å². The Kier molecular flexibility index (Phi) is 4.08. The molecule has 0 unspecified atom stereocenters. The van der Waals surface area contributed by atoms with Gasteiger partial charge >= 0.3 is 27.5 Å². The Morgan fingerprint density at radius 3 is 1.17 bits per heavy atom. The first-order valence-corrected chi connectivity index (χ1v) is 2.10. The van der Waals surface area contributed by atoms with Crippen LogP contribution in [0.1, 0.15) is 0 Å². The molecule has 0 aromatic heterocycles. The summed E-state index contributed by atoms with van der Waals surface area (Å²) < 4.78 is 31.6. The molecule has 0 atom stereocenters. The molecule has 0 bridgehead atoms. The fraction of sp³-hybridized carbons (Fsp3) is 0. The van der Waals surface area contributed by atoms with Crippen LogP contribution in [0.5, 0.6) is 0 Å². The second-order valence-electron chi connectivity index (χ2n) is 0.448. The van der Waals surface area contributed by atoms with Crippen LogP contribution in [-0.2, 0) is 27.5 Å². The summed E-state index contributed by atoms with van der Waals surface area (Å²) in [5.41, 5.74) is 0. The van der Waals surface area contributed by atoms with Crippen LogP contribution >= 0.6 is 0 Å². The minimum atomic E-state index is -4.67. The van der Waals surface area contributed by atoms with Crippen LogP contribution in [0.2, 0.25) is 0 Å². The third-order valence-corrected chi connectivity index (χ3v) is 0. The third kappa shape index (κ3) is 332. The van der Waals surface area contributed by atoms with Gasteiger partial charge < -0.3 is 0 Å². The van der Waals surface area contributed by atoms with Gasteiger partial charge in [-0.25, -0.2) is 0 Å². The Labute approximate surface area is 45.6 Å². The third-order valence-electron chi connectivity index (χ3n) is 0. The van der Waals surface area contributed by atoms with Crippen LogP contribution in [0.4, 0.5) is 0 Å². The second-order valence-corrected chi connectivity index (χ2v) is 1.34. The van der Waals surface area contributed by atoms with Crippen LogP contribution in [-0.4, -0.2) is 17.5 Å². The zero-order chi connectivity index (χ0) is 4.50. The van der Waals surface area contributed by atoms with Crippen molar-refractivity contribution in [2.24, 2.45) is 0 Å². The van der Waals surface area contributed by atoms with Gasteiger partial charge in [0.1, 0.15) is 0 Å². The van der Waals surface area contributed by atoms with Gasteiger partial charge in [0.25, 0.3) is 0 Å². The van der Waals surface area contributed by atoms with Crippen molar-refractivity contribution in [2.75, 3.05) is 0 Å². The topological polar surface area (TPSA) is 74.6 Å². The number of hydrogen-bond donors (Lipinski definition) is 2. The summed E-state index contributed by atoms with van der Waals surface area (Å²) in [7, 11) is -4.67. The molecule has 41 valence electrons. The average molecular weight is 162 g/mol. The Morgan fingerprint density at radius 2 is 1.17 bits per heavy atom. The van der Waals surface area contributed by atoms with Gasteiger partial charge in [-0.05, 0) is 0 Å². The van der Waals surface area contributed by atoms with Gasteiger partial charge in [0.2, 0.25) is 0 Å². The average Bonchev–Trinajstić information content (AvgIpc) is 0.722. The first kappa shape index (κ1) is 9.63. The van der Waals surface area contributed by atoms with Gasteiger partial charge in [0.15, 0.2) is 0 Å². The molecular formula is H2CuO4S+2. The van der Waals surface area contributed by atoms with E-state index in [1.807, 2.05) is 0 Å². The van der Waals surface area contributed by atoms with E-state index in [-0.39, 0.29) is 17.1 Å². The van der Waals surface area contributed by atoms with Gasteiger partial charge in [0, 0.05) is 0 Å². The fourth-order valence-electron chi connectivity index (χ4n) is 0. The monoisotopic (exact) mass is 161 g/mol. The molecule has 0 aromatic rings. The van der Waals surface area contributed by atoms with Crippen LogP contribution in [0.25, 0.3) is 0 Å². The quantitative estimate of drug-likeness (QED) is 0.366. The zero-order valence-electron chi connectivity index (χ0n) is 2.42. The Morgan fingerprint density at radius 1 is 1.17 bits per heavy atom. The van der Waals surface area contributed by atoms with E-state index in [0.29, 0.717) is 0 Å². The molecule has 6 heavy (non-hydrogen) atoms. The molecule has 0 aliphatic carbocycles. The van der Waals surface area contributed by atoms with Gasteiger partial charge in [0.05, 0.1) is 0 Å². The molecule has 0 spiro atoms. The maximum atomic E-state index is 8.74. The molecule has 0 fully saturated rings. The van der Waals surface area contributed by atoms with Crippen molar-refractivity contribution in [1.82, 2.24) is 0 Å². The molecular weight excluding hydrogens is 160 g/mol.